The highest BCUT2D eigenvalue weighted by atomic mass is 16.6. The first-order valence-electron chi connectivity index (χ1n) is 4.76. The van der Waals surface area contributed by atoms with Crippen LogP contribution in [0.15, 0.2) is 24.3 Å². The van der Waals surface area contributed by atoms with Gasteiger partial charge in [-0.05, 0) is 18.4 Å². The summed E-state index contributed by atoms with van der Waals surface area (Å²) >= 11 is 0. The molecule has 0 saturated heterocycles. The summed E-state index contributed by atoms with van der Waals surface area (Å²) in [6, 6.07) is 6.01. The third kappa shape index (κ3) is 3.30. The second kappa shape index (κ2) is 5.43. The maximum absolute atomic E-state index is 10.4. The van der Waals surface area contributed by atoms with Crippen molar-refractivity contribution in [1.82, 2.24) is 0 Å². The first kappa shape index (κ1) is 11.6. The maximum Gasteiger partial charge on any atom is 0.269 e. The van der Waals surface area contributed by atoms with Gasteiger partial charge < -0.3 is 10.8 Å². The van der Waals surface area contributed by atoms with Crippen LogP contribution in [0.5, 0.6) is 0 Å². The Labute approximate surface area is 87.7 Å². The topological polar surface area (TPSA) is 89.4 Å². The fourth-order valence-electron chi connectivity index (χ4n) is 1.32. The van der Waals surface area contributed by atoms with E-state index in [4.69, 9.17) is 10.8 Å². The Balaban J connectivity index is 2.66. The quantitative estimate of drug-likeness (QED) is 0.567. The Kier molecular flexibility index (Phi) is 4.20. The van der Waals surface area contributed by atoms with Gasteiger partial charge in [0.25, 0.3) is 5.69 Å². The van der Waals surface area contributed by atoms with Gasteiger partial charge in [-0.3, -0.25) is 10.1 Å². The molecule has 0 saturated carbocycles. The molecule has 82 valence electrons. The van der Waals surface area contributed by atoms with Crippen LogP contribution in [0.4, 0.5) is 5.69 Å². The lowest BCUT2D eigenvalue weighted by Gasteiger charge is -2.10. The van der Waals surface area contributed by atoms with E-state index in [1.54, 1.807) is 12.1 Å². The van der Waals surface area contributed by atoms with E-state index in [0.29, 0.717) is 12.8 Å². The molecule has 5 heteroatoms. The molecule has 5 nitrogen and oxygen atoms in total. The van der Waals surface area contributed by atoms with Gasteiger partial charge in [0.1, 0.15) is 0 Å². The molecule has 1 atom stereocenters. The number of hydrogen-bond acceptors (Lipinski definition) is 4. The van der Waals surface area contributed by atoms with Gasteiger partial charge in [0.2, 0.25) is 0 Å². The highest BCUT2D eigenvalue weighted by Gasteiger charge is 2.08. The summed E-state index contributed by atoms with van der Waals surface area (Å²) in [7, 11) is 0. The third-order valence-electron chi connectivity index (χ3n) is 2.21. The van der Waals surface area contributed by atoms with Crippen LogP contribution in [-0.4, -0.2) is 16.6 Å². The van der Waals surface area contributed by atoms with E-state index in [1.165, 1.54) is 12.1 Å². The van der Waals surface area contributed by atoms with Crippen LogP contribution >= 0.6 is 0 Å². The van der Waals surface area contributed by atoms with E-state index >= 15 is 0 Å². The highest BCUT2D eigenvalue weighted by Crippen LogP contribution is 2.19. The molecule has 0 aliphatic rings. The number of nitro benzene ring substituents is 1. The van der Waals surface area contributed by atoms with Crippen LogP contribution in [-0.2, 0) is 0 Å². The number of benzene rings is 1. The molecule has 0 heterocycles. The van der Waals surface area contributed by atoms with Gasteiger partial charge in [0.05, 0.1) is 4.92 Å². The smallest absolute Gasteiger partial charge is 0.269 e. The number of aliphatic hydroxyl groups excluding tert-OH is 1. The van der Waals surface area contributed by atoms with Gasteiger partial charge in [-0.25, -0.2) is 0 Å². The van der Waals surface area contributed by atoms with Crippen molar-refractivity contribution in [2.75, 3.05) is 6.61 Å². The van der Waals surface area contributed by atoms with Gasteiger partial charge in [-0.15, -0.1) is 0 Å². The summed E-state index contributed by atoms with van der Waals surface area (Å²) in [5.74, 6) is 0. The number of nitro groups is 1. The number of nitrogens with zero attached hydrogens (tertiary/aromatic N) is 1. The summed E-state index contributed by atoms with van der Waals surface area (Å²) in [6.07, 6.45) is 1.31. The Bertz CT molecular complexity index is 324. The number of hydrogen-bond donors (Lipinski definition) is 2. The predicted molar refractivity (Wildman–Crippen MR) is 56.3 cm³/mol. The molecule has 0 unspecified atom stereocenters. The molecular formula is C10H14N2O3. The predicted octanol–water partition coefficient (Wildman–Crippen LogP) is 1.37. The van der Waals surface area contributed by atoms with Crippen molar-refractivity contribution in [1.29, 1.82) is 0 Å². The summed E-state index contributed by atoms with van der Waals surface area (Å²) in [4.78, 5) is 9.95. The standard InChI is InChI=1S/C10H14N2O3/c11-10(2-1-7-13)8-3-5-9(6-4-8)12(14)15/h3-6,10,13H,1-2,7,11H2/t10-/m0/s1. The minimum atomic E-state index is -0.441. The Morgan fingerprint density at radius 3 is 2.47 bits per heavy atom. The van der Waals surface area contributed by atoms with Crippen molar-refractivity contribution in [2.24, 2.45) is 5.73 Å². The highest BCUT2D eigenvalue weighted by molar-refractivity contribution is 5.34. The van der Waals surface area contributed by atoms with Gasteiger partial charge in [0.15, 0.2) is 0 Å². The molecule has 0 spiro atoms. The largest absolute Gasteiger partial charge is 0.396 e. The Morgan fingerprint density at radius 2 is 2.00 bits per heavy atom. The number of non-ortho nitro benzene ring substituents is 1. The normalized spacial score (nSPS) is 12.4. The SMILES string of the molecule is N[C@@H](CCCO)c1ccc([N+](=O)[O-])cc1. The summed E-state index contributed by atoms with van der Waals surface area (Å²) in [5, 5.41) is 19.0. The number of nitrogens with two attached hydrogens (primary N) is 1. The second-order valence-electron chi connectivity index (χ2n) is 3.32. The van der Waals surface area contributed by atoms with Crippen LogP contribution in [0.1, 0.15) is 24.4 Å². The fraction of sp³-hybridized carbons (Fsp3) is 0.400. The van der Waals surface area contributed by atoms with Crippen molar-refractivity contribution in [3.63, 3.8) is 0 Å². The Hall–Kier alpha value is -1.46. The third-order valence-corrected chi connectivity index (χ3v) is 2.21. The van der Waals surface area contributed by atoms with E-state index in [1.807, 2.05) is 0 Å². The summed E-state index contributed by atoms with van der Waals surface area (Å²) < 4.78 is 0. The number of rotatable bonds is 5. The average Bonchev–Trinajstić information content (AvgIpc) is 2.26. The van der Waals surface area contributed by atoms with Gasteiger partial charge in [0, 0.05) is 24.8 Å². The molecule has 1 rings (SSSR count). The molecular weight excluding hydrogens is 196 g/mol. The van der Waals surface area contributed by atoms with Crippen LogP contribution < -0.4 is 5.73 Å². The molecule has 0 aliphatic heterocycles. The number of aliphatic hydroxyl groups is 1. The molecule has 0 amide bonds. The molecule has 0 fully saturated rings. The van der Waals surface area contributed by atoms with E-state index < -0.39 is 4.92 Å². The van der Waals surface area contributed by atoms with Crippen LogP contribution in [0.25, 0.3) is 0 Å². The van der Waals surface area contributed by atoms with Crippen molar-refractivity contribution in [3.05, 3.63) is 39.9 Å². The molecule has 0 aromatic heterocycles. The van der Waals surface area contributed by atoms with E-state index in [0.717, 1.165) is 5.56 Å². The van der Waals surface area contributed by atoms with Gasteiger partial charge in [-0.1, -0.05) is 12.1 Å². The van der Waals surface area contributed by atoms with Crippen LogP contribution in [0.2, 0.25) is 0 Å². The average molecular weight is 210 g/mol. The minimum absolute atomic E-state index is 0.0631. The lowest BCUT2D eigenvalue weighted by molar-refractivity contribution is -0.384. The Morgan fingerprint density at radius 1 is 1.40 bits per heavy atom. The lowest BCUT2D eigenvalue weighted by atomic mass is 10.0. The zero-order chi connectivity index (χ0) is 11.3. The fourth-order valence-corrected chi connectivity index (χ4v) is 1.32. The molecule has 1 aromatic rings. The van der Waals surface area contributed by atoms with E-state index in [2.05, 4.69) is 0 Å². The zero-order valence-electron chi connectivity index (χ0n) is 8.30. The van der Waals surface area contributed by atoms with E-state index in [9.17, 15) is 10.1 Å². The summed E-state index contributed by atoms with van der Waals surface area (Å²) in [6.45, 7) is 0.112. The maximum atomic E-state index is 10.4. The second-order valence-corrected chi connectivity index (χ2v) is 3.32. The zero-order valence-corrected chi connectivity index (χ0v) is 8.30. The molecule has 0 radical (unpaired) electrons. The monoisotopic (exact) mass is 210 g/mol. The van der Waals surface area contributed by atoms with Crippen molar-refractivity contribution >= 4 is 5.69 Å². The molecule has 15 heavy (non-hydrogen) atoms. The molecule has 1 aromatic carbocycles. The first-order valence-corrected chi connectivity index (χ1v) is 4.76. The molecule has 0 bridgehead atoms. The van der Waals surface area contributed by atoms with Crippen molar-refractivity contribution in [3.8, 4) is 0 Å². The van der Waals surface area contributed by atoms with Crippen molar-refractivity contribution in [2.45, 2.75) is 18.9 Å². The first-order chi connectivity index (χ1) is 7.15. The lowest BCUT2D eigenvalue weighted by Crippen LogP contribution is -2.10. The van der Waals surface area contributed by atoms with Gasteiger partial charge >= 0.3 is 0 Å². The van der Waals surface area contributed by atoms with Crippen molar-refractivity contribution < 1.29 is 10.0 Å². The van der Waals surface area contributed by atoms with Crippen LogP contribution in [0.3, 0.4) is 0 Å². The van der Waals surface area contributed by atoms with E-state index in [-0.39, 0.29) is 18.3 Å². The molecule has 3 N–H and O–H groups in total. The summed E-state index contributed by atoms with van der Waals surface area (Å²) in [5.41, 5.74) is 6.74. The minimum Gasteiger partial charge on any atom is -0.396 e. The molecule has 0 aliphatic carbocycles. The van der Waals surface area contributed by atoms with Crippen LogP contribution in [0, 0.1) is 10.1 Å². The van der Waals surface area contributed by atoms with Gasteiger partial charge in [-0.2, -0.15) is 0 Å².